The van der Waals surface area contributed by atoms with E-state index < -0.39 is 6.43 Å². The van der Waals surface area contributed by atoms with Crippen LogP contribution in [0.15, 0.2) is 18.3 Å². The molecule has 0 bridgehead atoms. The minimum absolute atomic E-state index is 0.0889. The van der Waals surface area contributed by atoms with Gasteiger partial charge in [0.1, 0.15) is 17.3 Å². The highest BCUT2D eigenvalue weighted by Gasteiger charge is 2.22. The van der Waals surface area contributed by atoms with Crippen molar-refractivity contribution in [2.75, 3.05) is 10.6 Å². The predicted octanol–water partition coefficient (Wildman–Crippen LogP) is 3.68. The van der Waals surface area contributed by atoms with Gasteiger partial charge in [0.05, 0.1) is 0 Å². The quantitative estimate of drug-likeness (QED) is 0.777. The molecule has 0 aromatic carbocycles. The maximum atomic E-state index is 13.1. The van der Waals surface area contributed by atoms with Crippen molar-refractivity contribution in [1.82, 2.24) is 9.97 Å². The summed E-state index contributed by atoms with van der Waals surface area (Å²) in [5.41, 5.74) is 5.70. The first-order chi connectivity index (χ1) is 11.4. The minimum Gasteiger partial charge on any atom is -0.367 e. The monoisotopic (exact) mass is 335 g/mol. The summed E-state index contributed by atoms with van der Waals surface area (Å²) in [6, 6.07) is 3.89. The lowest BCUT2D eigenvalue weighted by atomic mass is 10.1. The Bertz CT molecular complexity index is 719. The van der Waals surface area contributed by atoms with Gasteiger partial charge in [-0.15, -0.1) is 0 Å². The van der Waals surface area contributed by atoms with Gasteiger partial charge >= 0.3 is 0 Å². The normalized spacial score (nSPS) is 21.0. The van der Waals surface area contributed by atoms with E-state index in [4.69, 9.17) is 5.73 Å². The molecule has 2 aromatic heterocycles. The number of nitrogens with one attached hydrogen (secondary N) is 2. The number of hydrogen-bond donors (Lipinski definition) is 3. The Morgan fingerprint density at radius 2 is 2.04 bits per heavy atom. The Kier molecular flexibility index (Phi) is 4.80. The molecule has 2 aromatic rings. The molecule has 1 fully saturated rings. The van der Waals surface area contributed by atoms with Crippen molar-refractivity contribution in [3.63, 3.8) is 0 Å². The number of rotatable bonds is 5. The summed E-state index contributed by atoms with van der Waals surface area (Å²) >= 11 is 0. The van der Waals surface area contributed by atoms with Gasteiger partial charge < -0.3 is 16.4 Å². The second-order valence-electron chi connectivity index (χ2n) is 6.70. The van der Waals surface area contributed by atoms with Crippen LogP contribution in [0.25, 0.3) is 10.8 Å². The van der Waals surface area contributed by atoms with Crippen molar-refractivity contribution in [3.05, 3.63) is 24.0 Å². The molecule has 3 rings (SSSR count). The van der Waals surface area contributed by atoms with Gasteiger partial charge in [0.2, 0.25) is 0 Å². The van der Waals surface area contributed by atoms with Crippen molar-refractivity contribution in [2.45, 2.75) is 57.7 Å². The number of hydrogen-bond acceptors (Lipinski definition) is 5. The van der Waals surface area contributed by atoms with Crippen LogP contribution in [0, 0.1) is 0 Å². The third kappa shape index (κ3) is 3.72. The van der Waals surface area contributed by atoms with Gasteiger partial charge in [-0.1, -0.05) is 0 Å². The Balaban J connectivity index is 1.95. The molecule has 0 saturated heterocycles. The fourth-order valence-electron chi connectivity index (χ4n) is 3.10. The third-order valence-electron chi connectivity index (χ3n) is 4.21. The summed E-state index contributed by atoms with van der Waals surface area (Å²) in [6.45, 7) is 3.89. The average molecular weight is 335 g/mol. The Labute approximate surface area is 140 Å². The Hall–Kier alpha value is -2.02. The highest BCUT2D eigenvalue weighted by Crippen LogP contribution is 2.30. The molecule has 0 aliphatic heterocycles. The molecule has 130 valence electrons. The molecular formula is C17H23F2N5. The lowest BCUT2D eigenvalue weighted by Crippen LogP contribution is -2.21. The molecule has 0 amide bonds. The van der Waals surface area contributed by atoms with Crippen molar-refractivity contribution < 1.29 is 8.78 Å². The van der Waals surface area contributed by atoms with Crippen LogP contribution in [0.4, 0.5) is 20.4 Å². The average Bonchev–Trinajstić information content (AvgIpc) is 2.92. The summed E-state index contributed by atoms with van der Waals surface area (Å²) in [6.07, 6.45) is 1.94. The molecule has 4 N–H and O–H groups in total. The molecule has 2 heterocycles. The molecule has 0 spiro atoms. The zero-order valence-corrected chi connectivity index (χ0v) is 13.9. The smallest absolute Gasteiger partial charge is 0.280 e. The van der Waals surface area contributed by atoms with Crippen LogP contribution < -0.4 is 16.4 Å². The van der Waals surface area contributed by atoms with Crippen LogP contribution in [0.2, 0.25) is 0 Å². The van der Waals surface area contributed by atoms with E-state index in [1.807, 2.05) is 19.9 Å². The molecule has 0 unspecified atom stereocenters. The Morgan fingerprint density at radius 3 is 2.67 bits per heavy atom. The van der Waals surface area contributed by atoms with E-state index in [0.29, 0.717) is 17.2 Å². The standard InChI is InChI=1S/C17H23F2N5/c1-9(2)22-17-13-7-15(23-12-4-3-11(20)6-12)21-8-10(13)5-14(24-17)16(18)19/h5,7-9,11-12,16H,3-4,6,20H2,1-2H3,(H,21,23)(H,22,24)/t11-,12+/m1/s1. The third-order valence-corrected chi connectivity index (χ3v) is 4.21. The summed E-state index contributed by atoms with van der Waals surface area (Å²) < 4.78 is 26.1. The van der Waals surface area contributed by atoms with Crippen LogP contribution in [0.3, 0.4) is 0 Å². The highest BCUT2D eigenvalue weighted by molar-refractivity contribution is 5.93. The topological polar surface area (TPSA) is 75.9 Å². The lowest BCUT2D eigenvalue weighted by molar-refractivity contribution is 0.146. The van der Waals surface area contributed by atoms with E-state index in [0.717, 1.165) is 30.5 Å². The molecule has 7 heteroatoms. The molecule has 0 radical (unpaired) electrons. The zero-order chi connectivity index (χ0) is 17.3. The van der Waals surface area contributed by atoms with Crippen LogP contribution in [0.5, 0.6) is 0 Å². The lowest BCUT2D eigenvalue weighted by Gasteiger charge is -2.16. The van der Waals surface area contributed by atoms with Gasteiger partial charge in [-0.2, -0.15) is 0 Å². The van der Waals surface area contributed by atoms with E-state index in [2.05, 4.69) is 20.6 Å². The largest absolute Gasteiger partial charge is 0.367 e. The molecule has 1 saturated carbocycles. The predicted molar refractivity (Wildman–Crippen MR) is 92.5 cm³/mol. The van der Waals surface area contributed by atoms with Gasteiger partial charge in [0.15, 0.2) is 0 Å². The van der Waals surface area contributed by atoms with E-state index in [1.54, 1.807) is 6.20 Å². The number of halogens is 2. The first-order valence-corrected chi connectivity index (χ1v) is 8.30. The van der Waals surface area contributed by atoms with Gasteiger partial charge in [-0.25, -0.2) is 18.7 Å². The van der Waals surface area contributed by atoms with Crippen LogP contribution >= 0.6 is 0 Å². The zero-order valence-electron chi connectivity index (χ0n) is 13.9. The maximum absolute atomic E-state index is 13.1. The number of aromatic nitrogens is 2. The minimum atomic E-state index is -2.61. The highest BCUT2D eigenvalue weighted by atomic mass is 19.3. The number of fused-ring (bicyclic) bond motifs is 1. The van der Waals surface area contributed by atoms with Crippen LogP contribution in [0.1, 0.15) is 45.2 Å². The van der Waals surface area contributed by atoms with Crippen molar-refractivity contribution in [1.29, 1.82) is 0 Å². The number of anilines is 2. The molecule has 5 nitrogen and oxygen atoms in total. The SMILES string of the molecule is CC(C)Nc1nc(C(F)F)cc2cnc(N[C@H]3CC[C@@H](N)C3)cc12. The number of alkyl halides is 2. The van der Waals surface area contributed by atoms with Gasteiger partial charge in [-0.3, -0.25) is 0 Å². The Morgan fingerprint density at radius 1 is 1.25 bits per heavy atom. The van der Waals surface area contributed by atoms with E-state index in [9.17, 15) is 8.78 Å². The summed E-state index contributed by atoms with van der Waals surface area (Å²) in [4.78, 5) is 8.45. The fraction of sp³-hybridized carbons (Fsp3) is 0.529. The molecule has 1 aliphatic rings. The van der Waals surface area contributed by atoms with E-state index in [-0.39, 0.29) is 17.8 Å². The first kappa shape index (κ1) is 16.8. The summed E-state index contributed by atoms with van der Waals surface area (Å²) in [7, 11) is 0. The second-order valence-corrected chi connectivity index (χ2v) is 6.70. The van der Waals surface area contributed by atoms with Crippen molar-refractivity contribution in [2.24, 2.45) is 5.73 Å². The summed E-state index contributed by atoms with van der Waals surface area (Å²) in [5, 5.41) is 7.97. The van der Waals surface area contributed by atoms with E-state index in [1.165, 1.54) is 6.07 Å². The van der Waals surface area contributed by atoms with E-state index >= 15 is 0 Å². The second kappa shape index (κ2) is 6.84. The number of nitrogens with two attached hydrogens (primary N) is 1. The number of pyridine rings is 2. The number of nitrogens with zero attached hydrogens (tertiary/aromatic N) is 2. The first-order valence-electron chi connectivity index (χ1n) is 8.30. The fourth-order valence-corrected chi connectivity index (χ4v) is 3.10. The maximum Gasteiger partial charge on any atom is 0.280 e. The van der Waals surface area contributed by atoms with Gasteiger partial charge in [-0.05, 0) is 45.2 Å². The molecule has 1 aliphatic carbocycles. The van der Waals surface area contributed by atoms with Crippen LogP contribution in [-0.2, 0) is 0 Å². The molecular weight excluding hydrogens is 312 g/mol. The van der Waals surface area contributed by atoms with Crippen LogP contribution in [-0.4, -0.2) is 28.1 Å². The van der Waals surface area contributed by atoms with Crippen molar-refractivity contribution in [3.8, 4) is 0 Å². The summed E-state index contributed by atoms with van der Waals surface area (Å²) in [5.74, 6) is 1.19. The van der Waals surface area contributed by atoms with Gasteiger partial charge in [0.25, 0.3) is 6.43 Å². The van der Waals surface area contributed by atoms with Gasteiger partial charge in [0, 0.05) is 35.1 Å². The molecule has 24 heavy (non-hydrogen) atoms. The van der Waals surface area contributed by atoms with Crippen molar-refractivity contribution >= 4 is 22.4 Å². The molecule has 2 atom stereocenters.